The summed E-state index contributed by atoms with van der Waals surface area (Å²) in [6.07, 6.45) is 6.65. The highest BCUT2D eigenvalue weighted by molar-refractivity contribution is 7.15. The number of amides is 1. The number of hydrogen-bond acceptors (Lipinski definition) is 7. The first kappa shape index (κ1) is 25.8. The van der Waals surface area contributed by atoms with E-state index in [2.05, 4.69) is 38.5 Å². The molecule has 2 fully saturated rings. The molecule has 3 N–H and O–H groups in total. The van der Waals surface area contributed by atoms with Crippen LogP contribution in [0.1, 0.15) is 75.1 Å². The molecule has 1 aliphatic carbocycles. The number of hydrogen-bond donors (Lipinski definition) is 3. The van der Waals surface area contributed by atoms with Gasteiger partial charge in [-0.3, -0.25) is 0 Å². The summed E-state index contributed by atoms with van der Waals surface area (Å²) in [5.41, 5.74) is 2.50. The molecule has 8 nitrogen and oxygen atoms in total. The van der Waals surface area contributed by atoms with Crippen LogP contribution < -0.4 is 5.32 Å². The van der Waals surface area contributed by atoms with Crippen LogP contribution in [0.25, 0.3) is 10.4 Å². The lowest BCUT2D eigenvalue weighted by Crippen LogP contribution is -2.63. The number of rotatable bonds is 5. The molecule has 3 heterocycles. The molecular formula is C28H36N5O3S+. The summed E-state index contributed by atoms with van der Waals surface area (Å²) >= 11 is 1.48. The van der Waals surface area contributed by atoms with Gasteiger partial charge in [0.1, 0.15) is 16.1 Å². The van der Waals surface area contributed by atoms with Gasteiger partial charge in [-0.1, -0.05) is 6.07 Å². The van der Waals surface area contributed by atoms with E-state index in [0.29, 0.717) is 49.2 Å². The second-order valence-corrected chi connectivity index (χ2v) is 12.6. The number of carbonyl (C=O) groups is 1. The highest BCUT2D eigenvalue weighted by Crippen LogP contribution is 2.42. The summed E-state index contributed by atoms with van der Waals surface area (Å²) < 4.78 is -0.0511. The minimum Gasteiger partial charge on any atom is -0.435 e. The van der Waals surface area contributed by atoms with Crippen LogP contribution in [0.15, 0.2) is 36.7 Å². The first-order valence-electron chi connectivity index (χ1n) is 13.0. The Bertz CT molecular complexity index is 1320. The zero-order valence-electron chi connectivity index (χ0n) is 22.0. The van der Waals surface area contributed by atoms with Crippen molar-refractivity contribution in [2.24, 2.45) is 0 Å². The second-order valence-electron chi connectivity index (χ2n) is 11.6. The van der Waals surface area contributed by atoms with E-state index in [1.165, 1.54) is 24.2 Å². The number of likely N-dealkylation sites (tertiary alicyclic amines) is 1. The lowest BCUT2D eigenvalue weighted by atomic mass is 9.95. The number of nitrogens with one attached hydrogen (secondary N) is 1. The van der Waals surface area contributed by atoms with Gasteiger partial charge < -0.3 is 15.5 Å². The van der Waals surface area contributed by atoms with E-state index in [9.17, 15) is 15.0 Å². The van der Waals surface area contributed by atoms with Gasteiger partial charge in [-0.2, -0.15) is 4.79 Å². The van der Waals surface area contributed by atoms with Gasteiger partial charge in [-0.05, 0) is 76.3 Å². The fourth-order valence-electron chi connectivity index (χ4n) is 5.41. The van der Waals surface area contributed by atoms with E-state index < -0.39 is 17.2 Å². The molecule has 1 unspecified atom stereocenters. The quantitative estimate of drug-likeness (QED) is 0.343. The smallest absolute Gasteiger partial charge is 0.435 e. The molecule has 0 spiro atoms. The molecule has 196 valence electrons. The summed E-state index contributed by atoms with van der Waals surface area (Å²) in [7, 11) is 0. The summed E-state index contributed by atoms with van der Waals surface area (Å²) in [6, 6.07) is 8.21. The number of quaternary nitrogens is 1. The Morgan fingerprint density at radius 1 is 1.16 bits per heavy atom. The van der Waals surface area contributed by atoms with Crippen molar-refractivity contribution in [1.29, 1.82) is 0 Å². The number of carboxylic acid groups (broad SMARTS) is 1. The van der Waals surface area contributed by atoms with Crippen LogP contribution in [0.4, 0.5) is 16.4 Å². The standard InChI is InChI=1S/C28H35N5O3S/c1-18-14-20(16-21(15-18)31-25-29-11-8-22(32-25)19-6-7-19)23-17-30-24(37-23)28(36)9-5-12-33(13-10-28,26(34)35)27(2,3)4/h8,11,14-17,19,36H,5-7,9-10,12-13H2,1-4H3,(H-,29,31,32,34,35)/p+1/t28-,33?/m1/s1. The molecule has 0 bridgehead atoms. The molecule has 1 aliphatic heterocycles. The van der Waals surface area contributed by atoms with Crippen LogP contribution in [-0.4, -0.2) is 54.4 Å². The van der Waals surface area contributed by atoms with Crippen molar-refractivity contribution in [3.63, 3.8) is 0 Å². The predicted octanol–water partition coefficient (Wildman–Crippen LogP) is 6.19. The van der Waals surface area contributed by atoms with Crippen molar-refractivity contribution in [3.8, 4) is 10.4 Å². The van der Waals surface area contributed by atoms with Crippen molar-refractivity contribution in [3.05, 3.63) is 52.9 Å². The first-order valence-corrected chi connectivity index (χ1v) is 13.8. The van der Waals surface area contributed by atoms with Crippen molar-refractivity contribution in [2.75, 3.05) is 18.4 Å². The lowest BCUT2D eigenvalue weighted by Gasteiger charge is -2.43. The normalized spacial score (nSPS) is 24.5. The topological polar surface area (TPSA) is 108 Å². The third kappa shape index (κ3) is 5.12. The molecule has 1 amide bonds. The predicted molar refractivity (Wildman–Crippen MR) is 145 cm³/mol. The third-order valence-electron chi connectivity index (χ3n) is 7.88. The zero-order chi connectivity index (χ0) is 26.4. The monoisotopic (exact) mass is 522 g/mol. The van der Waals surface area contributed by atoms with Gasteiger partial charge in [0.05, 0.1) is 18.0 Å². The van der Waals surface area contributed by atoms with E-state index in [4.69, 9.17) is 0 Å². The Kier molecular flexibility index (Phi) is 6.58. The highest BCUT2D eigenvalue weighted by atomic mass is 32.1. The SMILES string of the molecule is Cc1cc(Nc2nccc(C3CC3)n2)cc(-c2cnc([C@@]3(O)CCC[N+](C(=O)O)(C(C)(C)C)CC3)s2)c1. The summed E-state index contributed by atoms with van der Waals surface area (Å²) in [4.78, 5) is 27.0. The Labute approximate surface area is 222 Å². The van der Waals surface area contributed by atoms with Gasteiger partial charge in [0.15, 0.2) is 0 Å². The molecule has 1 aromatic carbocycles. The number of thiazole rings is 1. The summed E-state index contributed by atoms with van der Waals surface area (Å²) in [5, 5.41) is 25.8. The Morgan fingerprint density at radius 3 is 2.65 bits per heavy atom. The number of benzene rings is 1. The maximum Gasteiger partial charge on any atom is 0.513 e. The molecule has 1 saturated carbocycles. The van der Waals surface area contributed by atoms with E-state index in [1.807, 2.05) is 40.0 Å². The fourth-order valence-corrected chi connectivity index (χ4v) is 6.45. The zero-order valence-corrected chi connectivity index (χ0v) is 22.8. The van der Waals surface area contributed by atoms with Gasteiger partial charge in [0, 0.05) is 42.5 Å². The minimum atomic E-state index is -1.13. The third-order valence-corrected chi connectivity index (χ3v) is 9.12. The van der Waals surface area contributed by atoms with Crippen molar-refractivity contribution in [1.82, 2.24) is 15.0 Å². The maximum atomic E-state index is 12.3. The molecule has 2 aliphatic rings. The van der Waals surface area contributed by atoms with Crippen LogP contribution in [0.5, 0.6) is 0 Å². The molecular weight excluding hydrogens is 486 g/mol. The first-order chi connectivity index (χ1) is 17.5. The number of anilines is 2. The number of aryl methyl sites for hydroxylation is 1. The fraction of sp³-hybridized carbons (Fsp3) is 0.500. The molecule has 3 aromatic rings. The highest BCUT2D eigenvalue weighted by Gasteiger charge is 2.51. The van der Waals surface area contributed by atoms with E-state index in [1.54, 1.807) is 6.20 Å². The molecule has 37 heavy (non-hydrogen) atoms. The molecule has 2 atom stereocenters. The Balaban J connectivity index is 1.38. The van der Waals surface area contributed by atoms with E-state index in [-0.39, 0.29) is 4.48 Å². The molecule has 0 radical (unpaired) electrons. The van der Waals surface area contributed by atoms with Gasteiger partial charge in [0.2, 0.25) is 5.95 Å². The largest absolute Gasteiger partial charge is 0.513 e. The Hall–Kier alpha value is -2.88. The average molecular weight is 523 g/mol. The van der Waals surface area contributed by atoms with Gasteiger partial charge in [-0.15, -0.1) is 11.3 Å². The van der Waals surface area contributed by atoms with Crippen LogP contribution >= 0.6 is 11.3 Å². The van der Waals surface area contributed by atoms with Crippen LogP contribution in [-0.2, 0) is 5.60 Å². The molecule has 5 rings (SSSR count). The second kappa shape index (κ2) is 9.45. The summed E-state index contributed by atoms with van der Waals surface area (Å²) in [6.45, 7) is 8.79. The van der Waals surface area contributed by atoms with Crippen LogP contribution in [0.2, 0.25) is 0 Å². The van der Waals surface area contributed by atoms with E-state index >= 15 is 0 Å². The lowest BCUT2D eigenvalue weighted by molar-refractivity contribution is -0.903. The number of nitrogens with zero attached hydrogens (tertiary/aromatic N) is 4. The van der Waals surface area contributed by atoms with Gasteiger partial charge >= 0.3 is 6.09 Å². The van der Waals surface area contributed by atoms with Crippen LogP contribution in [0, 0.1) is 6.92 Å². The van der Waals surface area contributed by atoms with Crippen LogP contribution in [0.3, 0.4) is 0 Å². The number of aliphatic hydroxyl groups is 1. The van der Waals surface area contributed by atoms with E-state index in [0.717, 1.165) is 27.4 Å². The molecule has 9 heteroatoms. The van der Waals surface area contributed by atoms with Gasteiger partial charge in [-0.25, -0.2) is 19.4 Å². The maximum absolute atomic E-state index is 12.3. The average Bonchev–Trinajstić information content (AvgIpc) is 3.59. The van der Waals surface area contributed by atoms with Crippen molar-refractivity contribution < 1.29 is 19.5 Å². The molecule has 1 saturated heterocycles. The Morgan fingerprint density at radius 2 is 1.95 bits per heavy atom. The summed E-state index contributed by atoms with van der Waals surface area (Å²) in [5.74, 6) is 1.16. The van der Waals surface area contributed by atoms with Crippen molar-refractivity contribution >= 4 is 29.1 Å². The number of aromatic nitrogens is 3. The minimum absolute atomic E-state index is 0.0511. The molecule has 2 aromatic heterocycles. The van der Waals surface area contributed by atoms with Gasteiger partial charge in [0.25, 0.3) is 0 Å². The van der Waals surface area contributed by atoms with Crippen molar-refractivity contribution in [2.45, 2.75) is 76.9 Å².